The quantitative estimate of drug-likeness (QED) is 0.898. The van der Waals surface area contributed by atoms with Crippen LogP contribution in [0.25, 0.3) is 0 Å². The van der Waals surface area contributed by atoms with Crippen LogP contribution in [0.5, 0.6) is 5.75 Å². The fourth-order valence-electron chi connectivity index (χ4n) is 2.22. The van der Waals surface area contributed by atoms with Gasteiger partial charge in [-0.2, -0.15) is 0 Å². The number of aliphatic hydroxyl groups is 1. The summed E-state index contributed by atoms with van der Waals surface area (Å²) in [7, 11) is 0. The van der Waals surface area contributed by atoms with Crippen molar-refractivity contribution in [3.63, 3.8) is 0 Å². The highest BCUT2D eigenvalue weighted by molar-refractivity contribution is 7.20. The first kappa shape index (κ1) is 12.3. The highest BCUT2D eigenvalue weighted by Crippen LogP contribution is 2.45. The molecule has 2 atom stereocenters. The van der Waals surface area contributed by atoms with Crippen molar-refractivity contribution < 1.29 is 9.84 Å². The van der Waals surface area contributed by atoms with E-state index in [0.717, 1.165) is 11.3 Å². The summed E-state index contributed by atoms with van der Waals surface area (Å²) in [6.45, 7) is 0.463. The zero-order valence-electron chi connectivity index (χ0n) is 9.27. The molecule has 0 fully saturated rings. The van der Waals surface area contributed by atoms with E-state index in [0.29, 0.717) is 20.8 Å². The Balaban J connectivity index is 1.95. The van der Waals surface area contributed by atoms with Crippen molar-refractivity contribution in [1.29, 1.82) is 0 Å². The minimum Gasteiger partial charge on any atom is -0.493 e. The van der Waals surface area contributed by atoms with Gasteiger partial charge in [0.1, 0.15) is 10.1 Å². The second-order valence-electron chi connectivity index (χ2n) is 4.18. The van der Waals surface area contributed by atoms with Crippen molar-refractivity contribution in [2.75, 3.05) is 6.61 Å². The van der Waals surface area contributed by atoms with E-state index in [2.05, 4.69) is 0 Å². The Morgan fingerprint density at radius 3 is 2.83 bits per heavy atom. The summed E-state index contributed by atoms with van der Waals surface area (Å²) in [4.78, 5) is 0. The molecule has 0 spiro atoms. The van der Waals surface area contributed by atoms with Gasteiger partial charge in [0.25, 0.3) is 0 Å². The van der Waals surface area contributed by atoms with Crippen LogP contribution in [0.4, 0.5) is 0 Å². The molecule has 94 valence electrons. The second kappa shape index (κ2) is 4.74. The maximum atomic E-state index is 10.4. The smallest absolute Gasteiger partial charge is 0.123 e. The molecular weight excluding hydrogens is 291 g/mol. The van der Waals surface area contributed by atoms with Gasteiger partial charge in [0, 0.05) is 11.1 Å². The molecule has 3 rings (SSSR count). The van der Waals surface area contributed by atoms with Crippen LogP contribution in [0.1, 0.15) is 23.1 Å². The molecule has 2 aromatic rings. The Labute approximate surface area is 119 Å². The number of rotatable bonds is 2. The van der Waals surface area contributed by atoms with Gasteiger partial charge in [-0.3, -0.25) is 0 Å². The molecule has 0 radical (unpaired) electrons. The third kappa shape index (κ3) is 2.01. The molecule has 0 saturated carbocycles. The molecular formula is C13H10Cl2O2S. The van der Waals surface area contributed by atoms with Gasteiger partial charge in [-0.05, 0) is 12.1 Å². The first-order valence-corrected chi connectivity index (χ1v) is 7.08. The number of halogens is 2. The average molecular weight is 301 g/mol. The SMILES string of the molecule is OC(c1cc(Cl)sc1Cl)C1COc2ccccc21. The van der Waals surface area contributed by atoms with Gasteiger partial charge in [-0.25, -0.2) is 0 Å². The zero-order valence-corrected chi connectivity index (χ0v) is 11.6. The van der Waals surface area contributed by atoms with Gasteiger partial charge < -0.3 is 9.84 Å². The molecule has 1 aliphatic heterocycles. The van der Waals surface area contributed by atoms with E-state index in [1.807, 2.05) is 24.3 Å². The zero-order chi connectivity index (χ0) is 12.7. The van der Waals surface area contributed by atoms with Gasteiger partial charge >= 0.3 is 0 Å². The fourth-order valence-corrected chi connectivity index (χ4v) is 3.76. The number of benzene rings is 1. The number of ether oxygens (including phenoxy) is 1. The van der Waals surface area contributed by atoms with Crippen molar-refractivity contribution in [3.05, 3.63) is 50.1 Å². The number of hydrogen-bond donors (Lipinski definition) is 1. The molecule has 0 bridgehead atoms. The lowest BCUT2D eigenvalue weighted by Crippen LogP contribution is -2.12. The predicted octanol–water partition coefficient (Wildman–Crippen LogP) is 4.26. The molecule has 2 unspecified atom stereocenters. The number of thiophene rings is 1. The van der Waals surface area contributed by atoms with Crippen LogP contribution in [0.15, 0.2) is 30.3 Å². The van der Waals surface area contributed by atoms with Gasteiger partial charge in [0.15, 0.2) is 0 Å². The molecule has 1 aliphatic rings. The second-order valence-corrected chi connectivity index (χ2v) is 6.47. The van der Waals surface area contributed by atoms with Gasteiger partial charge in [-0.15, -0.1) is 11.3 Å². The van der Waals surface area contributed by atoms with Crippen LogP contribution < -0.4 is 4.74 Å². The Kier molecular flexibility index (Phi) is 3.24. The summed E-state index contributed by atoms with van der Waals surface area (Å²) < 4.78 is 6.69. The third-order valence-corrected chi connectivity index (χ3v) is 4.64. The third-order valence-electron chi connectivity index (χ3n) is 3.12. The summed E-state index contributed by atoms with van der Waals surface area (Å²) in [5.41, 5.74) is 1.69. The predicted molar refractivity (Wildman–Crippen MR) is 74.0 cm³/mol. The van der Waals surface area contributed by atoms with Crippen LogP contribution in [0.3, 0.4) is 0 Å². The lowest BCUT2D eigenvalue weighted by atomic mass is 9.92. The van der Waals surface area contributed by atoms with Crippen LogP contribution in [-0.2, 0) is 0 Å². The normalized spacial score (nSPS) is 19.4. The van der Waals surface area contributed by atoms with Crippen molar-refractivity contribution in [2.45, 2.75) is 12.0 Å². The minimum atomic E-state index is -0.690. The van der Waals surface area contributed by atoms with Crippen LogP contribution >= 0.6 is 34.5 Å². The van der Waals surface area contributed by atoms with E-state index < -0.39 is 6.10 Å². The molecule has 2 heterocycles. The number of para-hydroxylation sites is 1. The molecule has 18 heavy (non-hydrogen) atoms. The number of hydrogen-bond acceptors (Lipinski definition) is 3. The topological polar surface area (TPSA) is 29.5 Å². The Morgan fingerprint density at radius 1 is 1.33 bits per heavy atom. The molecule has 0 saturated heterocycles. The molecule has 0 amide bonds. The maximum absolute atomic E-state index is 10.4. The average Bonchev–Trinajstić information content (AvgIpc) is 2.92. The van der Waals surface area contributed by atoms with Crippen LogP contribution in [0.2, 0.25) is 8.67 Å². The highest BCUT2D eigenvalue weighted by atomic mass is 35.5. The Hall–Kier alpha value is -0.740. The first-order chi connectivity index (χ1) is 8.66. The van der Waals surface area contributed by atoms with Crippen molar-refractivity contribution in [3.8, 4) is 5.75 Å². The van der Waals surface area contributed by atoms with E-state index >= 15 is 0 Å². The minimum absolute atomic E-state index is 0.0932. The fraction of sp³-hybridized carbons (Fsp3) is 0.231. The van der Waals surface area contributed by atoms with E-state index in [9.17, 15) is 5.11 Å². The van der Waals surface area contributed by atoms with Gasteiger partial charge in [-0.1, -0.05) is 41.4 Å². The van der Waals surface area contributed by atoms with Crippen molar-refractivity contribution in [1.82, 2.24) is 0 Å². The van der Waals surface area contributed by atoms with Crippen LogP contribution in [0, 0.1) is 0 Å². The Bertz CT molecular complexity index is 582. The lowest BCUT2D eigenvalue weighted by Gasteiger charge is -2.16. The number of aliphatic hydroxyl groups excluding tert-OH is 1. The van der Waals surface area contributed by atoms with E-state index in [-0.39, 0.29) is 5.92 Å². The summed E-state index contributed by atoms with van der Waals surface area (Å²) in [5, 5.41) is 10.4. The molecule has 2 nitrogen and oxygen atoms in total. The summed E-state index contributed by atoms with van der Waals surface area (Å²) in [6.07, 6.45) is -0.690. The van der Waals surface area contributed by atoms with Crippen LogP contribution in [-0.4, -0.2) is 11.7 Å². The largest absolute Gasteiger partial charge is 0.493 e. The van der Waals surface area contributed by atoms with Gasteiger partial charge in [0.2, 0.25) is 0 Å². The highest BCUT2D eigenvalue weighted by Gasteiger charge is 2.32. The molecule has 1 N–H and O–H groups in total. The summed E-state index contributed by atoms with van der Waals surface area (Å²) in [6, 6.07) is 9.46. The molecule has 0 aliphatic carbocycles. The standard InChI is InChI=1S/C13H10Cl2O2S/c14-11-5-8(13(15)18-11)12(16)9-6-17-10-4-2-1-3-7(9)10/h1-5,9,12,16H,6H2. The summed E-state index contributed by atoms with van der Waals surface area (Å²) in [5.74, 6) is 0.739. The Morgan fingerprint density at radius 2 is 2.11 bits per heavy atom. The summed E-state index contributed by atoms with van der Waals surface area (Å²) >= 11 is 13.3. The molecule has 5 heteroatoms. The monoisotopic (exact) mass is 300 g/mol. The van der Waals surface area contributed by atoms with E-state index in [1.165, 1.54) is 11.3 Å². The van der Waals surface area contributed by atoms with E-state index in [1.54, 1.807) is 6.07 Å². The first-order valence-electron chi connectivity index (χ1n) is 5.51. The van der Waals surface area contributed by atoms with Crippen molar-refractivity contribution >= 4 is 34.5 Å². The lowest BCUT2D eigenvalue weighted by molar-refractivity contribution is 0.130. The maximum Gasteiger partial charge on any atom is 0.123 e. The van der Waals surface area contributed by atoms with Crippen molar-refractivity contribution in [2.24, 2.45) is 0 Å². The number of fused-ring (bicyclic) bond motifs is 1. The van der Waals surface area contributed by atoms with Gasteiger partial charge in [0.05, 0.1) is 23.0 Å². The molecule has 1 aromatic heterocycles. The van der Waals surface area contributed by atoms with E-state index in [4.69, 9.17) is 27.9 Å². The molecule has 1 aromatic carbocycles.